The Labute approximate surface area is 115 Å². The van der Waals surface area contributed by atoms with Crippen LogP contribution >= 0.6 is 0 Å². The van der Waals surface area contributed by atoms with E-state index in [4.69, 9.17) is 10.2 Å². The minimum Gasteiger partial charge on any atom is -0.478 e. The lowest BCUT2D eigenvalue weighted by Crippen LogP contribution is -2.06. The molecule has 0 radical (unpaired) electrons. The summed E-state index contributed by atoms with van der Waals surface area (Å²) in [5.41, 5.74) is 1.98. The molecule has 2 rings (SSSR count). The first kappa shape index (κ1) is 13.6. The third kappa shape index (κ3) is 2.77. The summed E-state index contributed by atoms with van der Waals surface area (Å²) in [6.07, 6.45) is 0. The van der Waals surface area contributed by atoms with Crippen LogP contribution in [0, 0.1) is 6.92 Å². The van der Waals surface area contributed by atoms with E-state index in [1.54, 1.807) is 6.07 Å². The van der Waals surface area contributed by atoms with Gasteiger partial charge in [-0.1, -0.05) is 18.2 Å². The molecule has 0 amide bonds. The topological polar surface area (TPSA) is 86.6 Å². The maximum Gasteiger partial charge on any atom is 0.337 e. The fourth-order valence-electron chi connectivity index (χ4n) is 1.83. The minimum absolute atomic E-state index is 0.0262. The first-order chi connectivity index (χ1) is 9.49. The summed E-state index contributed by atoms with van der Waals surface area (Å²) in [5.74, 6) is -2.22. The number of anilines is 2. The predicted octanol–water partition coefficient (Wildman–Crippen LogP) is 3.14. The molecule has 0 aromatic heterocycles. The van der Waals surface area contributed by atoms with Gasteiger partial charge in [0.25, 0.3) is 0 Å². The molecular weight excluding hydrogens is 258 g/mol. The van der Waals surface area contributed by atoms with Crippen molar-refractivity contribution < 1.29 is 19.8 Å². The predicted molar refractivity (Wildman–Crippen MR) is 74.8 cm³/mol. The van der Waals surface area contributed by atoms with Gasteiger partial charge in [0, 0.05) is 5.69 Å². The molecule has 0 unspecified atom stereocenters. The molecule has 5 nitrogen and oxygen atoms in total. The Kier molecular flexibility index (Phi) is 3.70. The molecule has 0 fully saturated rings. The number of carbonyl (C=O) groups is 2. The lowest BCUT2D eigenvalue weighted by atomic mass is 10.1. The molecule has 0 atom stereocenters. The summed E-state index contributed by atoms with van der Waals surface area (Å²) in [4.78, 5) is 22.2. The van der Waals surface area contributed by atoms with Gasteiger partial charge in [-0.05, 0) is 36.8 Å². The highest BCUT2D eigenvalue weighted by Crippen LogP contribution is 2.24. The monoisotopic (exact) mass is 271 g/mol. The second kappa shape index (κ2) is 5.44. The van der Waals surface area contributed by atoms with Crippen LogP contribution in [0.4, 0.5) is 11.4 Å². The van der Waals surface area contributed by atoms with Crippen molar-refractivity contribution >= 4 is 23.3 Å². The molecule has 3 N–H and O–H groups in total. The fourth-order valence-corrected chi connectivity index (χ4v) is 1.83. The number of para-hydroxylation sites is 1. The Morgan fingerprint density at radius 3 is 2.25 bits per heavy atom. The zero-order valence-corrected chi connectivity index (χ0v) is 10.8. The number of carboxylic acids is 2. The standard InChI is InChI=1S/C15H13NO4/c1-9-4-2-3-5-12(9)16-13-8-10(14(17)18)6-7-11(13)15(19)20/h2-8,16H,1H3,(H,17,18)(H,19,20). The van der Waals surface area contributed by atoms with Crippen molar-refractivity contribution in [1.29, 1.82) is 0 Å². The number of aromatic carboxylic acids is 2. The molecule has 0 spiro atoms. The number of rotatable bonds is 4. The quantitative estimate of drug-likeness (QED) is 0.795. The lowest BCUT2D eigenvalue weighted by molar-refractivity contribution is 0.0682. The number of aryl methyl sites for hydroxylation is 1. The number of hydrogen-bond donors (Lipinski definition) is 3. The van der Waals surface area contributed by atoms with E-state index >= 15 is 0 Å². The van der Waals surface area contributed by atoms with E-state index in [-0.39, 0.29) is 16.8 Å². The van der Waals surface area contributed by atoms with Gasteiger partial charge in [0.15, 0.2) is 0 Å². The van der Waals surface area contributed by atoms with Crippen LogP contribution in [0.5, 0.6) is 0 Å². The van der Waals surface area contributed by atoms with E-state index < -0.39 is 11.9 Å². The summed E-state index contributed by atoms with van der Waals surface area (Å²) < 4.78 is 0. The van der Waals surface area contributed by atoms with E-state index in [1.807, 2.05) is 25.1 Å². The second-order valence-electron chi connectivity index (χ2n) is 4.31. The van der Waals surface area contributed by atoms with Crippen molar-refractivity contribution in [2.45, 2.75) is 6.92 Å². The molecule has 0 bridgehead atoms. The molecule has 5 heteroatoms. The number of carboxylic acid groups (broad SMARTS) is 2. The van der Waals surface area contributed by atoms with Crippen molar-refractivity contribution in [1.82, 2.24) is 0 Å². The molecule has 0 aliphatic rings. The van der Waals surface area contributed by atoms with Crippen LogP contribution in [0.25, 0.3) is 0 Å². The van der Waals surface area contributed by atoms with Gasteiger partial charge in [0.05, 0.1) is 16.8 Å². The highest BCUT2D eigenvalue weighted by molar-refractivity contribution is 5.98. The van der Waals surface area contributed by atoms with E-state index in [0.717, 1.165) is 11.3 Å². The van der Waals surface area contributed by atoms with Gasteiger partial charge in [-0.15, -0.1) is 0 Å². The van der Waals surface area contributed by atoms with Crippen LogP contribution in [-0.2, 0) is 0 Å². The normalized spacial score (nSPS) is 10.1. The molecule has 0 saturated heterocycles. The summed E-state index contributed by atoms with van der Waals surface area (Å²) >= 11 is 0. The number of hydrogen-bond acceptors (Lipinski definition) is 3. The highest BCUT2D eigenvalue weighted by Gasteiger charge is 2.14. The number of nitrogens with one attached hydrogen (secondary N) is 1. The maximum atomic E-state index is 11.2. The average molecular weight is 271 g/mol. The Hall–Kier alpha value is -2.82. The first-order valence-electron chi connectivity index (χ1n) is 5.92. The molecule has 20 heavy (non-hydrogen) atoms. The molecule has 0 aliphatic heterocycles. The third-order valence-electron chi connectivity index (χ3n) is 2.91. The van der Waals surface area contributed by atoms with Crippen molar-refractivity contribution in [3.63, 3.8) is 0 Å². The molecular formula is C15H13NO4. The maximum absolute atomic E-state index is 11.2. The zero-order valence-electron chi connectivity index (χ0n) is 10.8. The Bertz CT molecular complexity index is 679. The largest absolute Gasteiger partial charge is 0.478 e. The first-order valence-corrected chi connectivity index (χ1v) is 5.92. The van der Waals surface area contributed by atoms with Crippen LogP contribution in [0.15, 0.2) is 42.5 Å². The van der Waals surface area contributed by atoms with Gasteiger partial charge in [-0.25, -0.2) is 9.59 Å². The van der Waals surface area contributed by atoms with E-state index in [2.05, 4.69) is 5.32 Å². The smallest absolute Gasteiger partial charge is 0.337 e. The SMILES string of the molecule is Cc1ccccc1Nc1cc(C(=O)O)ccc1C(=O)O. The summed E-state index contributed by atoms with van der Waals surface area (Å²) in [5, 5.41) is 21.1. The average Bonchev–Trinajstić information content (AvgIpc) is 2.41. The third-order valence-corrected chi connectivity index (χ3v) is 2.91. The molecule has 2 aromatic rings. The van der Waals surface area contributed by atoms with Crippen LogP contribution in [-0.4, -0.2) is 22.2 Å². The minimum atomic E-state index is -1.11. The summed E-state index contributed by atoms with van der Waals surface area (Å²) in [7, 11) is 0. The van der Waals surface area contributed by atoms with Gasteiger partial charge in [-0.3, -0.25) is 0 Å². The van der Waals surface area contributed by atoms with Gasteiger partial charge >= 0.3 is 11.9 Å². The van der Waals surface area contributed by atoms with Gasteiger partial charge < -0.3 is 15.5 Å². The van der Waals surface area contributed by atoms with E-state index in [0.29, 0.717) is 0 Å². The lowest BCUT2D eigenvalue weighted by Gasteiger charge is -2.12. The summed E-state index contributed by atoms with van der Waals surface area (Å²) in [6, 6.07) is 11.2. The van der Waals surface area contributed by atoms with Crippen LogP contribution < -0.4 is 5.32 Å². The van der Waals surface area contributed by atoms with Crippen molar-refractivity contribution in [2.75, 3.05) is 5.32 Å². The highest BCUT2D eigenvalue weighted by atomic mass is 16.4. The second-order valence-corrected chi connectivity index (χ2v) is 4.31. The van der Waals surface area contributed by atoms with Crippen LogP contribution in [0.1, 0.15) is 26.3 Å². The van der Waals surface area contributed by atoms with Crippen molar-refractivity contribution in [2.24, 2.45) is 0 Å². The Morgan fingerprint density at radius 2 is 1.65 bits per heavy atom. The van der Waals surface area contributed by atoms with Gasteiger partial charge in [0.1, 0.15) is 0 Å². The summed E-state index contributed by atoms with van der Waals surface area (Å²) in [6.45, 7) is 1.88. The van der Waals surface area contributed by atoms with Crippen molar-refractivity contribution in [3.8, 4) is 0 Å². The molecule has 0 saturated carbocycles. The fraction of sp³-hybridized carbons (Fsp3) is 0.0667. The molecule has 102 valence electrons. The van der Waals surface area contributed by atoms with Crippen LogP contribution in [0.2, 0.25) is 0 Å². The van der Waals surface area contributed by atoms with Gasteiger partial charge in [0.2, 0.25) is 0 Å². The van der Waals surface area contributed by atoms with E-state index in [1.165, 1.54) is 18.2 Å². The Balaban J connectivity index is 2.48. The van der Waals surface area contributed by atoms with E-state index in [9.17, 15) is 9.59 Å². The number of benzene rings is 2. The zero-order chi connectivity index (χ0) is 14.7. The van der Waals surface area contributed by atoms with Crippen molar-refractivity contribution in [3.05, 3.63) is 59.2 Å². The molecule has 0 heterocycles. The molecule has 2 aromatic carbocycles. The Morgan fingerprint density at radius 1 is 0.950 bits per heavy atom. The van der Waals surface area contributed by atoms with Crippen LogP contribution in [0.3, 0.4) is 0 Å². The molecule has 0 aliphatic carbocycles. The van der Waals surface area contributed by atoms with Gasteiger partial charge in [-0.2, -0.15) is 0 Å².